The van der Waals surface area contributed by atoms with Gasteiger partial charge in [0.15, 0.2) is 0 Å². The summed E-state index contributed by atoms with van der Waals surface area (Å²) in [5.41, 5.74) is 10.7. The largest absolute Gasteiger partial charge is 0.399 e. The summed E-state index contributed by atoms with van der Waals surface area (Å²) in [7, 11) is 0. The van der Waals surface area contributed by atoms with Crippen LogP contribution in [0, 0.1) is 6.92 Å². The summed E-state index contributed by atoms with van der Waals surface area (Å²) in [4.78, 5) is 2.58. The molecule has 1 saturated carbocycles. The van der Waals surface area contributed by atoms with Gasteiger partial charge in [0.05, 0.1) is 0 Å². The van der Waals surface area contributed by atoms with Crippen LogP contribution < -0.4 is 5.73 Å². The Morgan fingerprint density at radius 1 is 1.00 bits per heavy atom. The molecule has 2 aromatic carbocycles. The summed E-state index contributed by atoms with van der Waals surface area (Å²) >= 11 is 0. The Balaban J connectivity index is 1.71. The van der Waals surface area contributed by atoms with Gasteiger partial charge in [-0.2, -0.15) is 0 Å². The molecule has 0 radical (unpaired) electrons. The number of hydrogen-bond donors (Lipinski definition) is 1. The summed E-state index contributed by atoms with van der Waals surface area (Å²) in [5.74, 6) is 0. The molecule has 0 aromatic heterocycles. The third kappa shape index (κ3) is 3.40. The summed E-state index contributed by atoms with van der Waals surface area (Å²) < 4.78 is 0. The molecule has 3 rings (SSSR count). The summed E-state index contributed by atoms with van der Waals surface area (Å²) in [5, 5.41) is 0. The van der Waals surface area contributed by atoms with Crippen LogP contribution in [0.4, 0.5) is 5.69 Å². The summed E-state index contributed by atoms with van der Waals surface area (Å²) in [6.07, 6.45) is 2.67. The van der Waals surface area contributed by atoms with E-state index >= 15 is 0 Å². The van der Waals surface area contributed by atoms with Gasteiger partial charge in [-0.3, -0.25) is 4.90 Å². The fourth-order valence-electron chi connectivity index (χ4n) is 2.66. The first-order chi connectivity index (χ1) is 9.70. The number of benzene rings is 2. The third-order valence-electron chi connectivity index (χ3n) is 3.90. The average Bonchev–Trinajstić information content (AvgIpc) is 3.25. The number of anilines is 1. The van der Waals surface area contributed by atoms with E-state index in [1.54, 1.807) is 0 Å². The normalized spacial score (nSPS) is 14.7. The third-order valence-corrected chi connectivity index (χ3v) is 3.90. The lowest BCUT2D eigenvalue weighted by molar-refractivity contribution is 0.246. The van der Waals surface area contributed by atoms with E-state index in [2.05, 4.69) is 48.2 Å². The van der Waals surface area contributed by atoms with Crippen molar-refractivity contribution in [2.75, 3.05) is 5.73 Å². The molecule has 0 heterocycles. The molecule has 2 aromatic rings. The Hall–Kier alpha value is -1.80. The first-order valence-corrected chi connectivity index (χ1v) is 7.35. The van der Waals surface area contributed by atoms with E-state index in [1.807, 2.05) is 12.1 Å². The Bertz CT molecular complexity index is 570. The van der Waals surface area contributed by atoms with Gasteiger partial charge in [-0.15, -0.1) is 0 Å². The van der Waals surface area contributed by atoms with Crippen molar-refractivity contribution in [1.82, 2.24) is 4.90 Å². The molecule has 0 atom stereocenters. The molecule has 0 spiro atoms. The van der Waals surface area contributed by atoms with Crippen molar-refractivity contribution in [3.63, 3.8) is 0 Å². The van der Waals surface area contributed by atoms with Crippen molar-refractivity contribution in [2.45, 2.75) is 38.9 Å². The van der Waals surface area contributed by atoms with E-state index in [9.17, 15) is 0 Å². The predicted molar refractivity (Wildman–Crippen MR) is 84.3 cm³/mol. The summed E-state index contributed by atoms with van der Waals surface area (Å²) in [6, 6.07) is 17.9. The Labute approximate surface area is 121 Å². The van der Waals surface area contributed by atoms with Crippen LogP contribution in [-0.2, 0) is 13.1 Å². The lowest BCUT2D eigenvalue weighted by atomic mass is 10.1. The number of aryl methyl sites for hydroxylation is 1. The molecule has 0 saturated heterocycles. The van der Waals surface area contributed by atoms with Gasteiger partial charge < -0.3 is 5.73 Å². The van der Waals surface area contributed by atoms with Crippen molar-refractivity contribution in [3.8, 4) is 0 Å². The van der Waals surface area contributed by atoms with E-state index in [1.165, 1.54) is 29.5 Å². The smallest absolute Gasteiger partial charge is 0.0314 e. The maximum Gasteiger partial charge on any atom is 0.0314 e. The van der Waals surface area contributed by atoms with Crippen LogP contribution in [0.2, 0.25) is 0 Å². The minimum atomic E-state index is 0.757. The van der Waals surface area contributed by atoms with Gasteiger partial charge >= 0.3 is 0 Å². The Morgan fingerprint density at radius 3 is 2.35 bits per heavy atom. The van der Waals surface area contributed by atoms with Crippen molar-refractivity contribution in [3.05, 3.63) is 65.2 Å². The molecule has 1 aliphatic rings. The lowest BCUT2D eigenvalue weighted by Crippen LogP contribution is -2.25. The van der Waals surface area contributed by atoms with Gasteiger partial charge in [0.2, 0.25) is 0 Å². The van der Waals surface area contributed by atoms with Gasteiger partial charge in [-0.1, -0.05) is 42.0 Å². The van der Waals surface area contributed by atoms with Crippen molar-refractivity contribution < 1.29 is 0 Å². The standard InChI is InChI=1S/C18H22N2/c1-14-3-2-4-16(11-14)13-20(18-9-10-18)12-15-5-7-17(19)8-6-15/h2-8,11,18H,9-10,12-13,19H2,1H3. The number of nitrogen functional groups attached to an aromatic ring is 1. The van der Waals surface area contributed by atoms with Gasteiger partial charge in [-0.05, 0) is 43.0 Å². The quantitative estimate of drug-likeness (QED) is 0.835. The number of nitrogens with two attached hydrogens (primary N) is 1. The van der Waals surface area contributed by atoms with Crippen LogP contribution in [0.5, 0.6) is 0 Å². The minimum Gasteiger partial charge on any atom is -0.399 e. The number of hydrogen-bond acceptors (Lipinski definition) is 2. The predicted octanol–water partition coefficient (Wildman–Crippen LogP) is 3.74. The maximum atomic E-state index is 5.76. The van der Waals surface area contributed by atoms with Crippen molar-refractivity contribution in [1.29, 1.82) is 0 Å². The maximum absolute atomic E-state index is 5.76. The highest BCUT2D eigenvalue weighted by atomic mass is 15.2. The molecule has 1 fully saturated rings. The van der Waals surface area contributed by atoms with Crippen molar-refractivity contribution >= 4 is 5.69 Å². The second-order valence-corrected chi connectivity index (χ2v) is 5.87. The zero-order chi connectivity index (χ0) is 13.9. The SMILES string of the molecule is Cc1cccc(CN(Cc2ccc(N)cc2)C2CC2)c1. The second kappa shape index (κ2) is 5.68. The van der Waals surface area contributed by atoms with E-state index in [4.69, 9.17) is 5.73 Å². The summed E-state index contributed by atoms with van der Waals surface area (Å²) in [6.45, 7) is 4.21. The fraction of sp³-hybridized carbons (Fsp3) is 0.333. The van der Waals surface area contributed by atoms with Crippen LogP contribution in [0.25, 0.3) is 0 Å². The molecule has 2 nitrogen and oxygen atoms in total. The highest BCUT2D eigenvalue weighted by Crippen LogP contribution is 2.30. The zero-order valence-electron chi connectivity index (χ0n) is 12.0. The molecule has 0 aliphatic heterocycles. The molecule has 20 heavy (non-hydrogen) atoms. The highest BCUT2D eigenvalue weighted by molar-refractivity contribution is 5.39. The van der Waals surface area contributed by atoms with E-state index in [0.29, 0.717) is 0 Å². The average molecular weight is 266 g/mol. The molecule has 0 amide bonds. The second-order valence-electron chi connectivity index (χ2n) is 5.87. The molecule has 0 bridgehead atoms. The molecule has 0 unspecified atom stereocenters. The Morgan fingerprint density at radius 2 is 1.70 bits per heavy atom. The molecule has 1 aliphatic carbocycles. The van der Waals surface area contributed by atoms with Gasteiger partial charge in [0.1, 0.15) is 0 Å². The van der Waals surface area contributed by atoms with Gasteiger partial charge in [-0.25, -0.2) is 0 Å². The molecular weight excluding hydrogens is 244 g/mol. The number of nitrogens with zero attached hydrogens (tertiary/aromatic N) is 1. The van der Waals surface area contributed by atoms with Gasteiger partial charge in [0, 0.05) is 24.8 Å². The van der Waals surface area contributed by atoms with Crippen LogP contribution >= 0.6 is 0 Å². The molecule has 2 heteroatoms. The zero-order valence-corrected chi connectivity index (χ0v) is 12.0. The topological polar surface area (TPSA) is 29.3 Å². The van der Waals surface area contributed by atoms with Crippen LogP contribution in [0.1, 0.15) is 29.5 Å². The molecule has 104 valence electrons. The molecule has 2 N–H and O–H groups in total. The fourth-order valence-corrected chi connectivity index (χ4v) is 2.66. The van der Waals surface area contributed by atoms with Gasteiger partial charge in [0.25, 0.3) is 0 Å². The first kappa shape index (κ1) is 13.2. The Kier molecular flexibility index (Phi) is 3.75. The monoisotopic (exact) mass is 266 g/mol. The van der Waals surface area contributed by atoms with Crippen molar-refractivity contribution in [2.24, 2.45) is 0 Å². The minimum absolute atomic E-state index is 0.757. The number of rotatable bonds is 5. The lowest BCUT2D eigenvalue weighted by Gasteiger charge is -2.22. The van der Waals surface area contributed by atoms with E-state index < -0.39 is 0 Å². The highest BCUT2D eigenvalue weighted by Gasteiger charge is 2.28. The van der Waals surface area contributed by atoms with Crippen LogP contribution in [0.15, 0.2) is 48.5 Å². The van der Waals surface area contributed by atoms with E-state index in [0.717, 1.165) is 24.8 Å². The first-order valence-electron chi connectivity index (χ1n) is 7.35. The van der Waals surface area contributed by atoms with Crippen LogP contribution in [0.3, 0.4) is 0 Å². The van der Waals surface area contributed by atoms with Crippen LogP contribution in [-0.4, -0.2) is 10.9 Å². The van der Waals surface area contributed by atoms with E-state index in [-0.39, 0.29) is 0 Å². The molecular formula is C18H22N2.